The lowest BCUT2D eigenvalue weighted by molar-refractivity contribution is 0.0343. The SMILES string of the molecule is CC(C)NC1CCC2(C1)CN(C(=O)n1cncn1)C2. The first-order valence-corrected chi connectivity index (χ1v) is 6.98. The van der Waals surface area contributed by atoms with Crippen LogP contribution in [-0.2, 0) is 0 Å². The van der Waals surface area contributed by atoms with Crippen LogP contribution in [0.25, 0.3) is 0 Å². The highest BCUT2D eigenvalue weighted by Gasteiger charge is 2.49. The maximum Gasteiger partial charge on any atom is 0.346 e. The summed E-state index contributed by atoms with van der Waals surface area (Å²) >= 11 is 0. The molecule has 1 saturated heterocycles. The molecule has 1 N–H and O–H groups in total. The standard InChI is InChI=1S/C13H21N5O/c1-10(2)16-11-3-4-13(5-11)6-17(7-13)12(19)18-9-14-8-15-18/h8-11,16H,3-7H2,1-2H3. The summed E-state index contributed by atoms with van der Waals surface area (Å²) in [4.78, 5) is 17.7. The molecule has 1 aromatic rings. The predicted octanol–water partition coefficient (Wildman–Crippen LogP) is 1.10. The van der Waals surface area contributed by atoms with Crippen LogP contribution < -0.4 is 5.32 Å². The fourth-order valence-electron chi connectivity index (χ4n) is 3.46. The van der Waals surface area contributed by atoms with Crippen LogP contribution in [0.3, 0.4) is 0 Å². The van der Waals surface area contributed by atoms with E-state index in [1.54, 1.807) is 0 Å². The van der Waals surface area contributed by atoms with Crippen molar-refractivity contribution in [2.75, 3.05) is 13.1 Å². The molecule has 1 aromatic heterocycles. The minimum absolute atomic E-state index is 0.0524. The molecule has 6 nitrogen and oxygen atoms in total. The van der Waals surface area contributed by atoms with E-state index in [4.69, 9.17) is 0 Å². The third kappa shape index (κ3) is 2.36. The lowest BCUT2D eigenvalue weighted by atomic mass is 9.78. The molecular formula is C13H21N5O. The van der Waals surface area contributed by atoms with E-state index in [1.165, 1.54) is 36.6 Å². The summed E-state index contributed by atoms with van der Waals surface area (Å²) in [7, 11) is 0. The van der Waals surface area contributed by atoms with Gasteiger partial charge in [-0.15, -0.1) is 0 Å². The first-order valence-electron chi connectivity index (χ1n) is 6.98. The van der Waals surface area contributed by atoms with E-state index in [-0.39, 0.29) is 6.03 Å². The molecule has 3 rings (SSSR count). The van der Waals surface area contributed by atoms with Gasteiger partial charge in [-0.2, -0.15) is 9.78 Å². The van der Waals surface area contributed by atoms with Gasteiger partial charge in [0.25, 0.3) is 0 Å². The van der Waals surface area contributed by atoms with Gasteiger partial charge in [-0.3, -0.25) is 0 Å². The fraction of sp³-hybridized carbons (Fsp3) is 0.769. The van der Waals surface area contributed by atoms with Crippen molar-refractivity contribution < 1.29 is 4.79 Å². The molecular weight excluding hydrogens is 242 g/mol. The topological polar surface area (TPSA) is 63.1 Å². The van der Waals surface area contributed by atoms with E-state index in [1.807, 2.05) is 4.90 Å². The van der Waals surface area contributed by atoms with Crippen molar-refractivity contribution in [3.63, 3.8) is 0 Å². The minimum Gasteiger partial charge on any atom is -0.322 e. The zero-order valence-electron chi connectivity index (χ0n) is 11.5. The second-order valence-electron chi connectivity index (χ2n) is 6.24. The van der Waals surface area contributed by atoms with Gasteiger partial charge < -0.3 is 10.2 Å². The first-order chi connectivity index (χ1) is 9.08. The number of rotatable bonds is 2. The van der Waals surface area contributed by atoms with Crippen molar-refractivity contribution in [2.24, 2.45) is 5.41 Å². The van der Waals surface area contributed by atoms with Gasteiger partial charge in [-0.05, 0) is 19.3 Å². The summed E-state index contributed by atoms with van der Waals surface area (Å²) in [5.41, 5.74) is 0.350. The van der Waals surface area contributed by atoms with Gasteiger partial charge >= 0.3 is 6.03 Å². The Morgan fingerprint density at radius 1 is 1.47 bits per heavy atom. The van der Waals surface area contributed by atoms with Gasteiger partial charge in [-0.25, -0.2) is 9.78 Å². The van der Waals surface area contributed by atoms with Crippen LogP contribution in [0.15, 0.2) is 12.7 Å². The Hall–Kier alpha value is -1.43. The molecule has 2 heterocycles. The van der Waals surface area contributed by atoms with Crippen molar-refractivity contribution in [3.05, 3.63) is 12.7 Å². The molecule has 1 amide bonds. The molecule has 0 aromatic carbocycles. The largest absolute Gasteiger partial charge is 0.346 e. The Balaban J connectivity index is 1.54. The minimum atomic E-state index is -0.0524. The molecule has 1 unspecified atom stereocenters. The predicted molar refractivity (Wildman–Crippen MR) is 70.7 cm³/mol. The molecule has 6 heteroatoms. The Morgan fingerprint density at radius 2 is 2.26 bits per heavy atom. The summed E-state index contributed by atoms with van der Waals surface area (Å²) in [6, 6.07) is 1.10. The zero-order valence-corrected chi connectivity index (χ0v) is 11.5. The molecule has 1 aliphatic heterocycles. The third-order valence-corrected chi connectivity index (χ3v) is 4.21. The van der Waals surface area contributed by atoms with Crippen LogP contribution in [0.5, 0.6) is 0 Å². The van der Waals surface area contributed by atoms with E-state index in [0.717, 1.165) is 13.1 Å². The van der Waals surface area contributed by atoms with Gasteiger partial charge in [0.2, 0.25) is 0 Å². The van der Waals surface area contributed by atoms with Crippen molar-refractivity contribution in [2.45, 2.75) is 45.2 Å². The maximum atomic E-state index is 12.1. The summed E-state index contributed by atoms with van der Waals surface area (Å²) in [5, 5.41) is 7.50. The highest BCUT2D eigenvalue weighted by atomic mass is 16.2. The molecule has 104 valence electrons. The number of carbonyl (C=O) groups excluding carboxylic acids is 1. The van der Waals surface area contributed by atoms with Gasteiger partial charge in [0.05, 0.1) is 0 Å². The number of hydrogen-bond acceptors (Lipinski definition) is 4. The van der Waals surface area contributed by atoms with Crippen LogP contribution in [-0.4, -0.2) is 50.9 Å². The Kier molecular flexibility index (Phi) is 3.05. The van der Waals surface area contributed by atoms with E-state index in [2.05, 4.69) is 29.2 Å². The quantitative estimate of drug-likeness (QED) is 0.868. The van der Waals surface area contributed by atoms with E-state index in [9.17, 15) is 4.79 Å². The average Bonchev–Trinajstić information content (AvgIpc) is 2.93. The second kappa shape index (κ2) is 4.59. The number of aromatic nitrogens is 3. The molecule has 1 saturated carbocycles. The van der Waals surface area contributed by atoms with Gasteiger partial charge in [0, 0.05) is 30.6 Å². The first kappa shape index (κ1) is 12.6. The number of amides is 1. The van der Waals surface area contributed by atoms with Crippen LogP contribution in [0.4, 0.5) is 4.79 Å². The van der Waals surface area contributed by atoms with E-state index >= 15 is 0 Å². The summed E-state index contributed by atoms with van der Waals surface area (Å²) in [6.45, 7) is 6.10. The molecule has 2 fully saturated rings. The molecule has 2 aliphatic rings. The molecule has 1 spiro atoms. The van der Waals surface area contributed by atoms with Crippen LogP contribution in [0.1, 0.15) is 33.1 Å². The fourth-order valence-corrected chi connectivity index (χ4v) is 3.46. The number of likely N-dealkylation sites (tertiary alicyclic amines) is 1. The zero-order chi connectivity index (χ0) is 13.5. The molecule has 19 heavy (non-hydrogen) atoms. The van der Waals surface area contributed by atoms with Gasteiger partial charge in [-0.1, -0.05) is 13.8 Å². The summed E-state index contributed by atoms with van der Waals surface area (Å²) < 4.78 is 1.31. The van der Waals surface area contributed by atoms with Crippen molar-refractivity contribution in [1.29, 1.82) is 0 Å². The van der Waals surface area contributed by atoms with Crippen molar-refractivity contribution in [3.8, 4) is 0 Å². The second-order valence-corrected chi connectivity index (χ2v) is 6.24. The molecule has 1 atom stereocenters. The Bertz CT molecular complexity index is 450. The normalized spacial score (nSPS) is 25.0. The molecule has 1 aliphatic carbocycles. The lowest BCUT2D eigenvalue weighted by Gasteiger charge is -2.48. The van der Waals surface area contributed by atoms with E-state index < -0.39 is 0 Å². The smallest absolute Gasteiger partial charge is 0.322 e. The number of hydrogen-bond donors (Lipinski definition) is 1. The van der Waals surface area contributed by atoms with Crippen molar-refractivity contribution in [1.82, 2.24) is 25.0 Å². The number of nitrogens with one attached hydrogen (secondary N) is 1. The average molecular weight is 263 g/mol. The van der Waals surface area contributed by atoms with Gasteiger partial charge in [0.15, 0.2) is 0 Å². The molecule has 0 bridgehead atoms. The summed E-state index contributed by atoms with van der Waals surface area (Å²) in [6.07, 6.45) is 6.49. The highest BCUT2D eigenvalue weighted by Crippen LogP contribution is 2.45. The van der Waals surface area contributed by atoms with Crippen LogP contribution in [0, 0.1) is 5.41 Å². The number of carbonyl (C=O) groups is 1. The van der Waals surface area contributed by atoms with Crippen LogP contribution >= 0.6 is 0 Å². The van der Waals surface area contributed by atoms with Crippen molar-refractivity contribution >= 4 is 6.03 Å². The highest BCUT2D eigenvalue weighted by molar-refractivity contribution is 5.76. The van der Waals surface area contributed by atoms with E-state index in [0.29, 0.717) is 17.5 Å². The monoisotopic (exact) mass is 263 g/mol. The Morgan fingerprint density at radius 3 is 2.89 bits per heavy atom. The lowest BCUT2D eigenvalue weighted by Crippen LogP contribution is -2.58. The van der Waals surface area contributed by atoms with Gasteiger partial charge in [0.1, 0.15) is 12.7 Å². The third-order valence-electron chi connectivity index (χ3n) is 4.21. The summed E-state index contributed by atoms with van der Waals surface area (Å²) in [5.74, 6) is 0. The number of nitrogens with zero attached hydrogens (tertiary/aromatic N) is 4. The maximum absolute atomic E-state index is 12.1. The Labute approximate surface area is 113 Å². The molecule has 0 radical (unpaired) electrons. The van der Waals surface area contributed by atoms with Crippen LogP contribution in [0.2, 0.25) is 0 Å².